The van der Waals surface area contributed by atoms with Gasteiger partial charge in [0.25, 0.3) is 5.91 Å². The second-order valence-corrected chi connectivity index (χ2v) is 7.58. The van der Waals surface area contributed by atoms with E-state index < -0.39 is 0 Å². The van der Waals surface area contributed by atoms with Crippen molar-refractivity contribution in [3.05, 3.63) is 65.5 Å². The van der Waals surface area contributed by atoms with Crippen LogP contribution in [0.3, 0.4) is 0 Å². The molecule has 4 rings (SSSR count). The van der Waals surface area contributed by atoms with Crippen LogP contribution in [0.15, 0.2) is 64.4 Å². The Bertz CT molecular complexity index is 1070. The lowest BCUT2D eigenvalue weighted by Crippen LogP contribution is -2.11. The first kappa shape index (κ1) is 19.2. The summed E-state index contributed by atoms with van der Waals surface area (Å²) in [5, 5.41) is 6.28. The summed E-state index contributed by atoms with van der Waals surface area (Å²) in [6.07, 6.45) is 3.36. The van der Waals surface area contributed by atoms with Crippen molar-refractivity contribution in [1.29, 1.82) is 0 Å². The molecule has 0 aliphatic rings. The first-order chi connectivity index (χ1) is 14.2. The minimum atomic E-state index is -0.201. The van der Waals surface area contributed by atoms with Gasteiger partial charge in [-0.05, 0) is 42.8 Å². The number of amides is 1. The molecule has 148 valence electrons. The first-order valence-corrected chi connectivity index (χ1v) is 10.6. The zero-order chi connectivity index (χ0) is 20.1. The minimum Gasteiger partial charge on any atom is -0.494 e. The Labute approximate surface area is 173 Å². The largest absolute Gasteiger partial charge is 0.494 e. The van der Waals surface area contributed by atoms with Crippen molar-refractivity contribution in [2.75, 3.05) is 11.9 Å². The normalized spacial score (nSPS) is 10.9. The molecule has 2 heterocycles. The van der Waals surface area contributed by atoms with Crippen molar-refractivity contribution in [2.45, 2.75) is 26.2 Å². The Morgan fingerprint density at radius 1 is 1.14 bits per heavy atom. The number of carbonyl (C=O) groups is 1. The summed E-state index contributed by atoms with van der Waals surface area (Å²) in [5.41, 5.74) is 2.09. The quantitative estimate of drug-likeness (QED) is 0.345. The zero-order valence-electron chi connectivity index (χ0n) is 16.2. The fourth-order valence-electron chi connectivity index (χ4n) is 2.97. The molecule has 0 unspecified atom stereocenters. The van der Waals surface area contributed by atoms with Crippen LogP contribution in [-0.2, 0) is 0 Å². The van der Waals surface area contributed by atoms with Gasteiger partial charge in [0, 0.05) is 16.3 Å². The van der Waals surface area contributed by atoms with Crippen LogP contribution in [-0.4, -0.2) is 17.5 Å². The predicted molar refractivity (Wildman–Crippen MR) is 117 cm³/mol. The maximum Gasteiger partial charge on any atom is 0.257 e. The zero-order valence-corrected chi connectivity index (χ0v) is 17.0. The van der Waals surface area contributed by atoms with Crippen molar-refractivity contribution < 1.29 is 13.9 Å². The number of nitrogens with one attached hydrogen (secondary N) is 1. The highest BCUT2D eigenvalue weighted by Gasteiger charge is 2.13. The highest BCUT2D eigenvalue weighted by Crippen LogP contribution is 2.30. The first-order valence-electron chi connectivity index (χ1n) is 9.71. The summed E-state index contributed by atoms with van der Waals surface area (Å²) in [6, 6.07) is 16.9. The molecule has 0 atom stereocenters. The lowest BCUT2D eigenvalue weighted by atomic mass is 10.2. The van der Waals surface area contributed by atoms with E-state index in [1.54, 1.807) is 12.1 Å². The third kappa shape index (κ3) is 4.66. The van der Waals surface area contributed by atoms with Crippen LogP contribution in [0.4, 0.5) is 5.13 Å². The molecular weight excluding hydrogens is 384 g/mol. The number of anilines is 1. The van der Waals surface area contributed by atoms with Crippen LogP contribution in [0.25, 0.3) is 22.4 Å². The van der Waals surface area contributed by atoms with E-state index in [1.165, 1.54) is 11.3 Å². The lowest BCUT2D eigenvalue weighted by Gasteiger charge is -2.06. The molecule has 0 bridgehead atoms. The van der Waals surface area contributed by atoms with Gasteiger partial charge in [-0.15, -0.1) is 11.3 Å². The van der Waals surface area contributed by atoms with Crippen molar-refractivity contribution in [3.63, 3.8) is 0 Å². The number of thiazole rings is 1. The molecular formula is C23H22N2O3S. The molecule has 0 aliphatic carbocycles. The molecule has 2 aromatic carbocycles. The number of nitrogens with zero attached hydrogens (tertiary/aromatic N) is 1. The van der Waals surface area contributed by atoms with E-state index in [1.807, 2.05) is 47.8 Å². The van der Waals surface area contributed by atoms with E-state index in [9.17, 15) is 4.79 Å². The van der Waals surface area contributed by atoms with Crippen molar-refractivity contribution in [3.8, 4) is 17.2 Å². The van der Waals surface area contributed by atoms with Crippen molar-refractivity contribution in [1.82, 2.24) is 4.98 Å². The molecule has 0 saturated carbocycles. The summed E-state index contributed by atoms with van der Waals surface area (Å²) in [6.45, 7) is 2.86. The molecule has 1 N–H and O–H groups in total. The van der Waals surface area contributed by atoms with Crippen LogP contribution in [0.2, 0.25) is 0 Å². The molecule has 0 aliphatic heterocycles. The van der Waals surface area contributed by atoms with Gasteiger partial charge in [0.15, 0.2) is 10.9 Å². The van der Waals surface area contributed by atoms with Gasteiger partial charge in [0.05, 0.1) is 6.61 Å². The third-order valence-corrected chi connectivity index (χ3v) is 5.29. The molecule has 0 spiro atoms. The number of hydrogen-bond acceptors (Lipinski definition) is 5. The van der Waals surface area contributed by atoms with Gasteiger partial charge in [-0.2, -0.15) is 0 Å². The number of hydrogen-bond donors (Lipinski definition) is 1. The molecule has 0 radical (unpaired) electrons. The average Bonchev–Trinajstić information content (AvgIpc) is 3.38. The standard InChI is InChI=1S/C23H22N2O3S/c1-2-3-6-13-27-18-11-9-16(10-12-18)22(26)25-23-24-19(15-29-23)21-14-17-7-4-5-8-20(17)28-21/h4-5,7-12,14-15H,2-3,6,13H2,1H3,(H,24,25,26). The van der Waals surface area contributed by atoms with Crippen LogP contribution < -0.4 is 10.1 Å². The Kier molecular flexibility index (Phi) is 5.91. The van der Waals surface area contributed by atoms with Crippen LogP contribution in [0.5, 0.6) is 5.75 Å². The topological polar surface area (TPSA) is 64.4 Å². The van der Waals surface area contributed by atoms with Gasteiger partial charge >= 0.3 is 0 Å². The Morgan fingerprint density at radius 2 is 1.97 bits per heavy atom. The fraction of sp³-hybridized carbons (Fsp3) is 0.217. The average molecular weight is 407 g/mol. The van der Waals surface area contributed by atoms with Crippen LogP contribution >= 0.6 is 11.3 Å². The summed E-state index contributed by atoms with van der Waals surface area (Å²) in [7, 11) is 0. The van der Waals surface area contributed by atoms with Crippen LogP contribution in [0.1, 0.15) is 36.5 Å². The second-order valence-electron chi connectivity index (χ2n) is 6.72. The molecule has 4 aromatic rings. The van der Waals surface area contributed by atoms with Gasteiger partial charge in [-0.25, -0.2) is 4.98 Å². The molecule has 1 amide bonds. The molecule has 0 saturated heterocycles. The molecule has 0 fully saturated rings. The molecule has 6 heteroatoms. The van der Waals surface area contributed by atoms with Gasteiger partial charge in [0.2, 0.25) is 0 Å². The summed E-state index contributed by atoms with van der Waals surface area (Å²) in [4.78, 5) is 17.0. The van der Waals surface area contributed by atoms with Gasteiger partial charge in [-0.3, -0.25) is 10.1 Å². The molecule has 2 aromatic heterocycles. The number of ether oxygens (including phenoxy) is 1. The maximum atomic E-state index is 12.5. The van der Waals surface area contributed by atoms with E-state index >= 15 is 0 Å². The van der Waals surface area contributed by atoms with E-state index in [0.717, 1.165) is 36.0 Å². The summed E-state index contributed by atoms with van der Waals surface area (Å²) >= 11 is 1.37. The highest BCUT2D eigenvalue weighted by molar-refractivity contribution is 7.14. The molecule has 29 heavy (non-hydrogen) atoms. The summed E-state index contributed by atoms with van der Waals surface area (Å²) in [5.74, 6) is 1.26. The van der Waals surface area contributed by atoms with E-state index in [2.05, 4.69) is 17.2 Å². The molecule has 5 nitrogen and oxygen atoms in total. The predicted octanol–water partition coefficient (Wildman–Crippen LogP) is 6.38. The number of para-hydroxylation sites is 1. The number of furan rings is 1. The number of unbranched alkanes of at least 4 members (excludes halogenated alkanes) is 2. The number of carbonyl (C=O) groups excluding carboxylic acids is 1. The Balaban J connectivity index is 1.38. The van der Waals surface area contributed by atoms with Gasteiger partial charge in [0.1, 0.15) is 17.0 Å². The van der Waals surface area contributed by atoms with Crippen molar-refractivity contribution in [2.24, 2.45) is 0 Å². The number of aromatic nitrogens is 1. The second kappa shape index (κ2) is 8.92. The third-order valence-electron chi connectivity index (χ3n) is 4.54. The van der Waals surface area contributed by atoms with Gasteiger partial charge in [-0.1, -0.05) is 38.0 Å². The van der Waals surface area contributed by atoms with Crippen LogP contribution in [0, 0.1) is 0 Å². The Hall–Kier alpha value is -3.12. The fourth-order valence-corrected chi connectivity index (χ4v) is 3.66. The smallest absolute Gasteiger partial charge is 0.257 e. The van der Waals surface area contributed by atoms with E-state index in [4.69, 9.17) is 9.15 Å². The number of fused-ring (bicyclic) bond motifs is 1. The SMILES string of the molecule is CCCCCOc1ccc(C(=O)Nc2nc(-c3cc4ccccc4o3)cs2)cc1. The Morgan fingerprint density at radius 3 is 2.76 bits per heavy atom. The monoisotopic (exact) mass is 406 g/mol. The number of rotatable bonds is 8. The number of benzene rings is 2. The minimum absolute atomic E-state index is 0.201. The lowest BCUT2D eigenvalue weighted by molar-refractivity contribution is 0.102. The highest BCUT2D eigenvalue weighted by atomic mass is 32.1. The maximum absolute atomic E-state index is 12.5. The summed E-state index contributed by atoms with van der Waals surface area (Å²) < 4.78 is 11.5. The van der Waals surface area contributed by atoms with E-state index in [0.29, 0.717) is 28.8 Å². The van der Waals surface area contributed by atoms with Gasteiger partial charge < -0.3 is 9.15 Å². The van der Waals surface area contributed by atoms with E-state index in [-0.39, 0.29) is 5.91 Å². The van der Waals surface area contributed by atoms with Crippen molar-refractivity contribution >= 4 is 33.3 Å².